The van der Waals surface area contributed by atoms with Gasteiger partial charge in [0.2, 0.25) is 11.9 Å². The lowest BCUT2D eigenvalue weighted by Crippen LogP contribution is -2.50. The van der Waals surface area contributed by atoms with Gasteiger partial charge >= 0.3 is 0 Å². The Labute approximate surface area is 214 Å². The second kappa shape index (κ2) is 9.02. The summed E-state index contributed by atoms with van der Waals surface area (Å²) in [4.78, 5) is 39.0. The predicted molar refractivity (Wildman–Crippen MR) is 141 cm³/mol. The summed E-state index contributed by atoms with van der Waals surface area (Å²) in [7, 11) is 3.61. The average Bonchev–Trinajstić information content (AvgIpc) is 3.66. The summed E-state index contributed by atoms with van der Waals surface area (Å²) in [5.41, 5.74) is 2.18. The third kappa shape index (κ3) is 3.92. The van der Waals surface area contributed by atoms with Gasteiger partial charge < -0.3 is 10.2 Å². The summed E-state index contributed by atoms with van der Waals surface area (Å²) in [6.45, 7) is 1.99. The molecule has 4 heterocycles. The van der Waals surface area contributed by atoms with Crippen molar-refractivity contribution in [1.29, 1.82) is 0 Å². The zero-order chi connectivity index (χ0) is 25.7. The highest BCUT2D eigenvalue weighted by Gasteiger charge is 2.39. The molecule has 1 atom stereocenters. The highest BCUT2D eigenvalue weighted by atomic mass is 16.2. The molecule has 4 aromatic rings. The molecule has 1 saturated carbocycles. The van der Waals surface area contributed by atoms with Crippen LogP contribution in [0.3, 0.4) is 0 Å². The Morgan fingerprint density at radius 3 is 2.65 bits per heavy atom. The van der Waals surface area contributed by atoms with E-state index in [9.17, 15) is 9.59 Å². The number of benzene rings is 1. The van der Waals surface area contributed by atoms with Gasteiger partial charge in [-0.05, 0) is 43.5 Å². The van der Waals surface area contributed by atoms with Gasteiger partial charge in [0.15, 0.2) is 11.6 Å². The van der Waals surface area contributed by atoms with Crippen LogP contribution >= 0.6 is 0 Å². The number of likely N-dealkylation sites (N-methyl/N-ethyl adjacent to an activating group) is 1. The van der Waals surface area contributed by atoms with Gasteiger partial charge in [-0.3, -0.25) is 23.7 Å². The maximum atomic E-state index is 13.1. The molecule has 0 radical (unpaired) electrons. The highest BCUT2D eigenvalue weighted by molar-refractivity contribution is 6.06. The van der Waals surface area contributed by atoms with Gasteiger partial charge in [-0.2, -0.15) is 10.1 Å². The van der Waals surface area contributed by atoms with Crippen molar-refractivity contribution < 1.29 is 9.59 Å². The number of hydrogen-bond acceptors (Lipinski definition) is 6. The van der Waals surface area contributed by atoms with Crippen LogP contribution in [0.25, 0.3) is 16.9 Å². The molecule has 2 aliphatic rings. The molecule has 190 valence electrons. The van der Waals surface area contributed by atoms with Crippen LogP contribution in [0.15, 0.2) is 48.9 Å². The van der Waals surface area contributed by atoms with E-state index in [4.69, 9.17) is 4.98 Å². The number of anilines is 3. The standard InChI is InChI=1S/C27H30N8O2/c1-4-20-26(37)33(3)22-16-28-27(30-24(22)35(20)23-12-13-32(2)31-23)34-14-11-17-15-18(9-10-21(17)34)25(36)29-19-7-5-6-8-19/h9-16,19-20H,4-8H2,1-3H3,(H,29,36). The minimum absolute atomic E-state index is 0.0215. The number of carbonyl (C=O) groups excluding carboxylic acids is 2. The molecule has 1 unspecified atom stereocenters. The molecule has 1 N–H and O–H groups in total. The lowest BCUT2D eigenvalue weighted by molar-refractivity contribution is -0.119. The molecule has 10 heteroatoms. The molecule has 0 spiro atoms. The Kier molecular flexibility index (Phi) is 5.66. The number of nitrogens with one attached hydrogen (secondary N) is 1. The van der Waals surface area contributed by atoms with Gasteiger partial charge in [0.25, 0.3) is 5.91 Å². The quantitative estimate of drug-likeness (QED) is 0.450. The minimum Gasteiger partial charge on any atom is -0.349 e. The summed E-state index contributed by atoms with van der Waals surface area (Å²) in [6.07, 6.45) is 10.5. The van der Waals surface area contributed by atoms with Crippen molar-refractivity contribution in [2.75, 3.05) is 16.8 Å². The fourth-order valence-electron chi connectivity index (χ4n) is 5.44. The van der Waals surface area contributed by atoms with Crippen LogP contribution in [0.4, 0.5) is 17.3 Å². The van der Waals surface area contributed by atoms with Crippen molar-refractivity contribution in [2.24, 2.45) is 7.05 Å². The number of nitrogens with zero attached hydrogens (tertiary/aromatic N) is 7. The van der Waals surface area contributed by atoms with E-state index in [2.05, 4.69) is 15.4 Å². The second-order valence-corrected chi connectivity index (χ2v) is 9.83. The number of fused-ring (bicyclic) bond motifs is 2. The van der Waals surface area contributed by atoms with Crippen molar-refractivity contribution in [2.45, 2.75) is 51.1 Å². The molecule has 37 heavy (non-hydrogen) atoms. The minimum atomic E-state index is -0.419. The SMILES string of the molecule is CCC1C(=O)N(C)c2cnc(-n3ccc4cc(C(=O)NC5CCCC5)ccc43)nc2N1c1ccn(C)n1. The van der Waals surface area contributed by atoms with E-state index in [1.165, 1.54) is 12.8 Å². The number of carbonyl (C=O) groups is 2. The van der Waals surface area contributed by atoms with Crippen LogP contribution in [0.1, 0.15) is 49.4 Å². The topological polar surface area (TPSA) is 101 Å². The number of aryl methyl sites for hydroxylation is 1. The Hall–Kier alpha value is -4.21. The van der Waals surface area contributed by atoms with Crippen LogP contribution in [0.5, 0.6) is 0 Å². The van der Waals surface area contributed by atoms with Gasteiger partial charge in [-0.25, -0.2) is 4.98 Å². The fraction of sp³-hybridized carbons (Fsp3) is 0.370. The summed E-state index contributed by atoms with van der Waals surface area (Å²) in [5, 5.41) is 8.65. The Balaban J connectivity index is 1.38. The molecule has 3 aromatic heterocycles. The van der Waals surface area contributed by atoms with E-state index in [1.54, 1.807) is 22.8 Å². The Bertz CT molecular complexity index is 1500. The first kappa shape index (κ1) is 23.2. The average molecular weight is 499 g/mol. The maximum Gasteiger partial charge on any atom is 0.251 e. The largest absolute Gasteiger partial charge is 0.349 e. The van der Waals surface area contributed by atoms with Crippen molar-refractivity contribution in [3.8, 4) is 5.95 Å². The van der Waals surface area contributed by atoms with E-state index in [1.807, 2.05) is 66.2 Å². The Morgan fingerprint density at radius 2 is 1.92 bits per heavy atom. The smallest absolute Gasteiger partial charge is 0.251 e. The number of amides is 2. The molecule has 1 aliphatic heterocycles. The van der Waals surface area contributed by atoms with Gasteiger partial charge in [-0.1, -0.05) is 19.8 Å². The molecule has 1 fully saturated rings. The van der Waals surface area contributed by atoms with Crippen molar-refractivity contribution in [3.05, 3.63) is 54.5 Å². The molecule has 0 bridgehead atoms. The number of aromatic nitrogens is 5. The molecular weight excluding hydrogens is 468 g/mol. The first-order chi connectivity index (χ1) is 17.9. The predicted octanol–water partition coefficient (Wildman–Crippen LogP) is 3.72. The van der Waals surface area contributed by atoms with Gasteiger partial charge in [0, 0.05) is 49.5 Å². The molecule has 2 amide bonds. The summed E-state index contributed by atoms with van der Waals surface area (Å²) in [5.74, 6) is 1.72. The molecule has 6 rings (SSSR count). The van der Waals surface area contributed by atoms with Crippen LogP contribution < -0.4 is 15.1 Å². The van der Waals surface area contributed by atoms with E-state index in [0.29, 0.717) is 35.3 Å². The zero-order valence-corrected chi connectivity index (χ0v) is 21.3. The summed E-state index contributed by atoms with van der Waals surface area (Å²) in [6, 6.07) is 9.40. The summed E-state index contributed by atoms with van der Waals surface area (Å²) < 4.78 is 3.62. The van der Waals surface area contributed by atoms with Crippen molar-refractivity contribution >= 4 is 40.0 Å². The fourth-order valence-corrected chi connectivity index (χ4v) is 5.44. The van der Waals surface area contributed by atoms with Crippen LogP contribution in [-0.4, -0.2) is 55.3 Å². The van der Waals surface area contributed by atoms with Gasteiger partial charge in [-0.15, -0.1) is 0 Å². The lowest BCUT2D eigenvalue weighted by atomic mass is 10.1. The van der Waals surface area contributed by atoms with Gasteiger partial charge in [0.1, 0.15) is 11.7 Å². The van der Waals surface area contributed by atoms with E-state index in [-0.39, 0.29) is 17.9 Å². The first-order valence-corrected chi connectivity index (χ1v) is 12.8. The third-order valence-electron chi connectivity index (χ3n) is 7.45. The molecule has 1 aliphatic carbocycles. The maximum absolute atomic E-state index is 13.1. The first-order valence-electron chi connectivity index (χ1n) is 12.8. The van der Waals surface area contributed by atoms with Crippen molar-refractivity contribution in [3.63, 3.8) is 0 Å². The van der Waals surface area contributed by atoms with Crippen LogP contribution in [0, 0.1) is 0 Å². The molecule has 1 aromatic carbocycles. The van der Waals surface area contributed by atoms with E-state index < -0.39 is 6.04 Å². The lowest BCUT2D eigenvalue weighted by Gasteiger charge is -2.39. The monoisotopic (exact) mass is 498 g/mol. The van der Waals surface area contributed by atoms with E-state index >= 15 is 0 Å². The third-order valence-corrected chi connectivity index (χ3v) is 7.45. The molecule has 10 nitrogen and oxygen atoms in total. The Morgan fingerprint density at radius 1 is 1.11 bits per heavy atom. The molecular formula is C27H30N8O2. The van der Waals surface area contributed by atoms with Crippen LogP contribution in [0.2, 0.25) is 0 Å². The zero-order valence-electron chi connectivity index (χ0n) is 21.3. The summed E-state index contributed by atoms with van der Waals surface area (Å²) >= 11 is 0. The number of rotatable bonds is 5. The number of hydrogen-bond donors (Lipinski definition) is 1. The second-order valence-electron chi connectivity index (χ2n) is 9.83. The van der Waals surface area contributed by atoms with Crippen LogP contribution in [-0.2, 0) is 11.8 Å². The van der Waals surface area contributed by atoms with Gasteiger partial charge in [0.05, 0.1) is 11.7 Å². The normalized spacial score (nSPS) is 18.0. The van der Waals surface area contributed by atoms with E-state index in [0.717, 1.165) is 23.7 Å². The van der Waals surface area contributed by atoms with Crippen molar-refractivity contribution in [1.82, 2.24) is 29.6 Å². The molecule has 0 saturated heterocycles. The highest BCUT2D eigenvalue weighted by Crippen LogP contribution is 2.39.